The van der Waals surface area contributed by atoms with E-state index in [9.17, 15) is 9.59 Å². The van der Waals surface area contributed by atoms with Gasteiger partial charge in [0, 0.05) is 11.6 Å². The minimum atomic E-state index is -1.10. The highest BCUT2D eigenvalue weighted by Gasteiger charge is 2.04. The van der Waals surface area contributed by atoms with Crippen molar-refractivity contribution >= 4 is 11.9 Å². The van der Waals surface area contributed by atoms with Crippen LogP contribution in [0.4, 0.5) is 0 Å². The van der Waals surface area contributed by atoms with Crippen LogP contribution in [-0.4, -0.2) is 17.0 Å². The highest BCUT2D eigenvalue weighted by molar-refractivity contribution is 5.96. The van der Waals surface area contributed by atoms with Crippen molar-refractivity contribution in [2.75, 3.05) is 0 Å². The zero-order valence-electron chi connectivity index (χ0n) is 5.63. The monoisotopic (exact) mass is 143 g/mol. The standard InChI is InChI=1S/C6H9NO3/c1-2-4(6(9)10)3-5(7)8/h3H,2H2,1H3,(H2,7,8)(H,9,10). The summed E-state index contributed by atoms with van der Waals surface area (Å²) in [5, 5.41) is 8.35. The summed E-state index contributed by atoms with van der Waals surface area (Å²) in [4.78, 5) is 20.3. The third-order valence-corrected chi connectivity index (χ3v) is 0.972. The van der Waals surface area contributed by atoms with E-state index in [0.29, 0.717) is 6.42 Å². The molecule has 4 heteroatoms. The quantitative estimate of drug-likeness (QED) is 0.541. The summed E-state index contributed by atoms with van der Waals surface area (Å²) >= 11 is 0. The fourth-order valence-corrected chi connectivity index (χ4v) is 0.487. The van der Waals surface area contributed by atoms with E-state index in [1.807, 2.05) is 0 Å². The van der Waals surface area contributed by atoms with Gasteiger partial charge in [-0.25, -0.2) is 4.79 Å². The number of hydrogen-bond donors (Lipinski definition) is 2. The van der Waals surface area contributed by atoms with Gasteiger partial charge in [-0.2, -0.15) is 0 Å². The summed E-state index contributed by atoms with van der Waals surface area (Å²) in [6, 6.07) is 0. The number of carbonyl (C=O) groups excluding carboxylic acids is 1. The zero-order chi connectivity index (χ0) is 8.15. The molecular weight excluding hydrogens is 134 g/mol. The minimum absolute atomic E-state index is 0.0347. The third kappa shape index (κ3) is 2.86. The van der Waals surface area contributed by atoms with Crippen LogP contribution in [0.2, 0.25) is 0 Å². The Kier molecular flexibility index (Phi) is 3.17. The highest BCUT2D eigenvalue weighted by Crippen LogP contribution is 1.98. The maximum Gasteiger partial charge on any atom is 0.331 e. The van der Waals surface area contributed by atoms with E-state index in [2.05, 4.69) is 0 Å². The average molecular weight is 143 g/mol. The summed E-state index contributed by atoms with van der Waals surface area (Å²) in [6.45, 7) is 1.64. The molecular formula is C6H9NO3. The van der Waals surface area contributed by atoms with E-state index in [4.69, 9.17) is 10.8 Å². The average Bonchev–Trinajstić information content (AvgIpc) is 1.81. The van der Waals surface area contributed by atoms with Crippen molar-refractivity contribution in [1.29, 1.82) is 0 Å². The minimum Gasteiger partial charge on any atom is -0.478 e. The number of carboxylic acids is 1. The summed E-state index contributed by atoms with van der Waals surface area (Å²) in [5.41, 5.74) is 4.76. The predicted octanol–water partition coefficient (Wildman–Crippen LogP) is -0.107. The van der Waals surface area contributed by atoms with E-state index in [1.165, 1.54) is 0 Å². The van der Waals surface area contributed by atoms with Crippen LogP contribution in [0, 0.1) is 0 Å². The molecule has 0 aromatic carbocycles. The molecule has 1 amide bonds. The molecule has 0 aromatic heterocycles. The number of primary amides is 1. The largest absolute Gasteiger partial charge is 0.478 e. The van der Waals surface area contributed by atoms with Gasteiger partial charge in [-0.3, -0.25) is 4.79 Å². The molecule has 0 spiro atoms. The molecule has 0 aromatic rings. The predicted molar refractivity (Wildman–Crippen MR) is 35.2 cm³/mol. The maximum atomic E-state index is 10.2. The topological polar surface area (TPSA) is 80.4 Å². The van der Waals surface area contributed by atoms with E-state index >= 15 is 0 Å². The lowest BCUT2D eigenvalue weighted by atomic mass is 10.2. The summed E-state index contributed by atoms with van der Waals surface area (Å²) < 4.78 is 0. The van der Waals surface area contributed by atoms with Crippen LogP contribution in [0.5, 0.6) is 0 Å². The highest BCUT2D eigenvalue weighted by atomic mass is 16.4. The normalized spacial score (nSPS) is 11.1. The SMILES string of the molecule is CCC(=CC(N)=O)C(=O)O. The van der Waals surface area contributed by atoms with Crippen LogP contribution >= 0.6 is 0 Å². The van der Waals surface area contributed by atoms with Crippen LogP contribution in [0.3, 0.4) is 0 Å². The van der Waals surface area contributed by atoms with Gasteiger partial charge in [0.1, 0.15) is 0 Å². The van der Waals surface area contributed by atoms with Crippen molar-refractivity contribution in [2.24, 2.45) is 5.73 Å². The molecule has 0 rings (SSSR count). The second kappa shape index (κ2) is 3.66. The molecule has 3 N–H and O–H groups in total. The van der Waals surface area contributed by atoms with Gasteiger partial charge in [0.15, 0.2) is 0 Å². The molecule has 0 aliphatic rings. The van der Waals surface area contributed by atoms with Crippen LogP contribution in [0.25, 0.3) is 0 Å². The van der Waals surface area contributed by atoms with Crippen LogP contribution in [-0.2, 0) is 9.59 Å². The first kappa shape index (κ1) is 8.68. The Morgan fingerprint density at radius 1 is 1.60 bits per heavy atom. The molecule has 0 unspecified atom stereocenters. The van der Waals surface area contributed by atoms with Crippen molar-refractivity contribution in [2.45, 2.75) is 13.3 Å². The van der Waals surface area contributed by atoms with E-state index in [1.54, 1.807) is 6.92 Å². The third-order valence-electron chi connectivity index (χ3n) is 0.972. The number of aliphatic carboxylic acids is 1. The number of hydrogen-bond acceptors (Lipinski definition) is 2. The van der Waals surface area contributed by atoms with Gasteiger partial charge in [0.25, 0.3) is 0 Å². The van der Waals surface area contributed by atoms with Crippen molar-refractivity contribution in [3.63, 3.8) is 0 Å². The Hall–Kier alpha value is -1.32. The Bertz CT molecular complexity index is 183. The van der Waals surface area contributed by atoms with E-state index in [0.717, 1.165) is 6.08 Å². The lowest BCUT2D eigenvalue weighted by Crippen LogP contribution is -2.10. The lowest BCUT2D eigenvalue weighted by Gasteiger charge is -1.92. The van der Waals surface area contributed by atoms with Gasteiger partial charge in [-0.15, -0.1) is 0 Å². The molecule has 10 heavy (non-hydrogen) atoms. The molecule has 0 saturated carbocycles. The van der Waals surface area contributed by atoms with Crippen molar-refractivity contribution in [3.05, 3.63) is 11.6 Å². The molecule has 0 aliphatic carbocycles. The summed E-state index contributed by atoms with van der Waals surface area (Å²) in [6.07, 6.45) is 1.22. The van der Waals surface area contributed by atoms with Crippen LogP contribution < -0.4 is 5.73 Å². The van der Waals surface area contributed by atoms with Crippen LogP contribution in [0.1, 0.15) is 13.3 Å². The number of rotatable bonds is 3. The number of nitrogens with two attached hydrogens (primary N) is 1. The molecule has 0 atom stereocenters. The number of carbonyl (C=O) groups is 2. The van der Waals surface area contributed by atoms with E-state index in [-0.39, 0.29) is 5.57 Å². The first-order valence-electron chi connectivity index (χ1n) is 2.81. The fourth-order valence-electron chi connectivity index (χ4n) is 0.487. The molecule has 0 saturated heterocycles. The Labute approximate surface area is 58.3 Å². The van der Waals surface area contributed by atoms with Gasteiger partial charge in [0.05, 0.1) is 0 Å². The van der Waals surface area contributed by atoms with Gasteiger partial charge < -0.3 is 10.8 Å². The van der Waals surface area contributed by atoms with Crippen molar-refractivity contribution in [1.82, 2.24) is 0 Å². The Balaban J connectivity index is 4.34. The molecule has 0 radical (unpaired) electrons. The number of carboxylic acid groups (broad SMARTS) is 1. The summed E-state index contributed by atoms with van der Waals surface area (Å²) in [7, 11) is 0. The maximum absolute atomic E-state index is 10.2. The molecule has 4 nitrogen and oxygen atoms in total. The molecule has 56 valence electrons. The second-order valence-electron chi connectivity index (χ2n) is 1.73. The van der Waals surface area contributed by atoms with Crippen molar-refractivity contribution in [3.8, 4) is 0 Å². The van der Waals surface area contributed by atoms with Crippen molar-refractivity contribution < 1.29 is 14.7 Å². The van der Waals surface area contributed by atoms with Gasteiger partial charge in [-0.1, -0.05) is 6.92 Å². The summed E-state index contributed by atoms with van der Waals surface area (Å²) in [5.74, 6) is -1.82. The molecule has 0 aliphatic heterocycles. The molecule has 0 bridgehead atoms. The van der Waals surface area contributed by atoms with Gasteiger partial charge in [-0.05, 0) is 6.42 Å². The molecule has 0 fully saturated rings. The Morgan fingerprint density at radius 2 is 2.10 bits per heavy atom. The zero-order valence-corrected chi connectivity index (χ0v) is 5.63. The lowest BCUT2D eigenvalue weighted by molar-refractivity contribution is -0.133. The first-order chi connectivity index (χ1) is 4.57. The Morgan fingerprint density at radius 3 is 2.20 bits per heavy atom. The van der Waals surface area contributed by atoms with Gasteiger partial charge in [0.2, 0.25) is 5.91 Å². The smallest absolute Gasteiger partial charge is 0.331 e. The fraction of sp³-hybridized carbons (Fsp3) is 0.333. The van der Waals surface area contributed by atoms with Crippen LogP contribution in [0.15, 0.2) is 11.6 Å². The first-order valence-corrected chi connectivity index (χ1v) is 2.81. The van der Waals surface area contributed by atoms with E-state index < -0.39 is 11.9 Å². The number of amides is 1. The van der Waals surface area contributed by atoms with Gasteiger partial charge >= 0.3 is 5.97 Å². The second-order valence-corrected chi connectivity index (χ2v) is 1.73. The molecule has 0 heterocycles.